The molecule has 1 heterocycles. The molecule has 0 saturated carbocycles. The molecule has 1 aliphatic rings. The van der Waals surface area contributed by atoms with E-state index >= 15 is 0 Å². The number of carbonyl (C=O) groups is 3. The summed E-state index contributed by atoms with van der Waals surface area (Å²) in [5, 5.41) is 2.71. The third-order valence-electron chi connectivity index (χ3n) is 3.19. The zero-order chi connectivity index (χ0) is 14.2. The molecule has 1 N–H and O–H groups in total. The van der Waals surface area contributed by atoms with E-state index < -0.39 is 17.4 Å². The van der Waals surface area contributed by atoms with Gasteiger partial charge in [0.05, 0.1) is 6.54 Å². The van der Waals surface area contributed by atoms with Crippen LogP contribution in [0.3, 0.4) is 0 Å². The highest BCUT2D eigenvalue weighted by Crippen LogP contribution is 2.30. The summed E-state index contributed by atoms with van der Waals surface area (Å²) in [7, 11) is 0. The monoisotopic (exact) mass is 280 g/mol. The molecule has 5 nitrogen and oxygen atoms in total. The summed E-state index contributed by atoms with van der Waals surface area (Å²) in [5.41, 5.74) is -0.0462. The highest BCUT2D eigenvalue weighted by Gasteiger charge is 2.41. The van der Waals surface area contributed by atoms with Gasteiger partial charge in [0.2, 0.25) is 5.91 Å². The van der Waals surface area contributed by atoms with Gasteiger partial charge in [0.25, 0.3) is 5.91 Å². The Balaban J connectivity index is 2.52. The number of aldehydes is 1. The lowest BCUT2D eigenvalue weighted by molar-refractivity contribution is -0.135. The van der Waals surface area contributed by atoms with E-state index in [0.717, 1.165) is 0 Å². The summed E-state index contributed by atoms with van der Waals surface area (Å²) in [5.74, 6) is -0.785. The number of hydrogen-bond donors (Lipinski definition) is 1. The third-order valence-corrected chi connectivity index (χ3v) is 3.43. The van der Waals surface area contributed by atoms with Gasteiger partial charge in [0, 0.05) is 16.3 Å². The lowest BCUT2D eigenvalue weighted by Gasteiger charge is -2.42. The Kier molecular flexibility index (Phi) is 3.32. The molecule has 1 aromatic rings. The van der Waals surface area contributed by atoms with Crippen LogP contribution in [0, 0.1) is 0 Å². The topological polar surface area (TPSA) is 66.5 Å². The Morgan fingerprint density at radius 1 is 1.37 bits per heavy atom. The molecule has 6 heteroatoms. The van der Waals surface area contributed by atoms with E-state index in [2.05, 4.69) is 5.32 Å². The van der Waals surface area contributed by atoms with Crippen LogP contribution >= 0.6 is 11.6 Å². The Morgan fingerprint density at radius 2 is 2.05 bits per heavy atom. The van der Waals surface area contributed by atoms with Gasteiger partial charge in [-0.25, -0.2) is 0 Å². The van der Waals surface area contributed by atoms with Crippen LogP contribution in [-0.2, 0) is 9.59 Å². The van der Waals surface area contributed by atoms with Crippen molar-refractivity contribution in [3.05, 3.63) is 28.8 Å². The van der Waals surface area contributed by atoms with E-state index in [0.29, 0.717) is 22.6 Å². The second-order valence-corrected chi connectivity index (χ2v) is 5.28. The first-order valence-electron chi connectivity index (χ1n) is 5.73. The molecule has 0 atom stereocenters. The SMILES string of the molecule is CC1(C)C(=O)NC(=O)CN1c1ccc(Cl)cc1C=O. The predicted molar refractivity (Wildman–Crippen MR) is 71.4 cm³/mol. The predicted octanol–water partition coefficient (Wildman–Crippen LogP) is 1.39. The lowest BCUT2D eigenvalue weighted by atomic mass is 9.96. The summed E-state index contributed by atoms with van der Waals surface area (Å²) in [6.45, 7) is 3.40. The van der Waals surface area contributed by atoms with Crippen molar-refractivity contribution < 1.29 is 14.4 Å². The Hall–Kier alpha value is -1.88. The first-order chi connectivity index (χ1) is 8.86. The quantitative estimate of drug-likeness (QED) is 0.657. The Bertz CT molecular complexity index is 569. The molecule has 1 saturated heterocycles. The van der Waals surface area contributed by atoms with E-state index in [4.69, 9.17) is 11.6 Å². The molecule has 0 spiro atoms. The van der Waals surface area contributed by atoms with Crippen LogP contribution < -0.4 is 10.2 Å². The molecular weight excluding hydrogens is 268 g/mol. The molecule has 100 valence electrons. The van der Waals surface area contributed by atoms with Crippen molar-refractivity contribution in [2.45, 2.75) is 19.4 Å². The minimum absolute atomic E-state index is 0.0151. The molecule has 1 aliphatic heterocycles. The van der Waals surface area contributed by atoms with E-state index in [9.17, 15) is 14.4 Å². The van der Waals surface area contributed by atoms with Gasteiger partial charge in [0.1, 0.15) is 5.54 Å². The maximum atomic E-state index is 11.9. The third kappa shape index (κ3) is 2.33. The summed E-state index contributed by atoms with van der Waals surface area (Å²) in [6, 6.07) is 4.77. The molecule has 0 aromatic heterocycles. The molecule has 1 fully saturated rings. The number of nitrogens with zero attached hydrogens (tertiary/aromatic N) is 1. The second kappa shape index (κ2) is 4.66. The zero-order valence-corrected chi connectivity index (χ0v) is 11.3. The summed E-state index contributed by atoms with van der Waals surface area (Å²) in [4.78, 5) is 36.1. The van der Waals surface area contributed by atoms with Crippen LogP contribution in [0.2, 0.25) is 5.02 Å². The molecule has 0 unspecified atom stereocenters. The normalized spacial score (nSPS) is 18.2. The number of nitrogens with one attached hydrogen (secondary N) is 1. The van der Waals surface area contributed by atoms with Crippen LogP contribution in [0.15, 0.2) is 18.2 Å². The maximum Gasteiger partial charge on any atom is 0.251 e. The van der Waals surface area contributed by atoms with E-state index in [1.807, 2.05) is 0 Å². The van der Waals surface area contributed by atoms with Crippen molar-refractivity contribution in [3.63, 3.8) is 0 Å². The average molecular weight is 281 g/mol. The second-order valence-electron chi connectivity index (χ2n) is 4.84. The molecule has 2 amide bonds. The fourth-order valence-electron chi connectivity index (χ4n) is 2.03. The lowest BCUT2D eigenvalue weighted by Crippen LogP contribution is -2.64. The van der Waals surface area contributed by atoms with E-state index in [1.165, 1.54) is 6.07 Å². The van der Waals surface area contributed by atoms with E-state index in [-0.39, 0.29) is 6.54 Å². The maximum absolute atomic E-state index is 11.9. The van der Waals surface area contributed by atoms with Gasteiger partial charge in [-0.2, -0.15) is 0 Å². The Morgan fingerprint density at radius 3 is 2.68 bits per heavy atom. The van der Waals surface area contributed by atoms with Gasteiger partial charge in [-0.05, 0) is 32.0 Å². The molecule has 0 bridgehead atoms. The van der Waals surface area contributed by atoms with Crippen LogP contribution in [-0.4, -0.2) is 30.2 Å². The summed E-state index contributed by atoms with van der Waals surface area (Å²) >= 11 is 5.84. The fraction of sp³-hybridized carbons (Fsp3) is 0.308. The van der Waals surface area contributed by atoms with Gasteiger partial charge < -0.3 is 4.90 Å². The van der Waals surface area contributed by atoms with Gasteiger partial charge in [-0.15, -0.1) is 0 Å². The van der Waals surface area contributed by atoms with Gasteiger partial charge in [-0.3, -0.25) is 19.7 Å². The Labute approximate surface area is 115 Å². The van der Waals surface area contributed by atoms with Crippen molar-refractivity contribution in [1.29, 1.82) is 0 Å². The molecule has 1 aromatic carbocycles. The molecule has 19 heavy (non-hydrogen) atoms. The largest absolute Gasteiger partial charge is 0.347 e. The number of imide groups is 1. The molecule has 0 radical (unpaired) electrons. The van der Waals surface area contributed by atoms with E-state index in [1.54, 1.807) is 30.9 Å². The van der Waals surface area contributed by atoms with Crippen molar-refractivity contribution in [2.24, 2.45) is 0 Å². The van der Waals surface area contributed by atoms with Crippen LogP contribution in [0.5, 0.6) is 0 Å². The van der Waals surface area contributed by atoms with Gasteiger partial charge >= 0.3 is 0 Å². The first-order valence-corrected chi connectivity index (χ1v) is 6.10. The number of hydrogen-bond acceptors (Lipinski definition) is 4. The van der Waals surface area contributed by atoms with Crippen LogP contribution in [0.25, 0.3) is 0 Å². The first kappa shape index (κ1) is 13.5. The van der Waals surface area contributed by atoms with Crippen molar-refractivity contribution in [1.82, 2.24) is 5.32 Å². The summed E-state index contributed by atoms with van der Waals surface area (Å²) in [6.07, 6.45) is 0.661. The highest BCUT2D eigenvalue weighted by molar-refractivity contribution is 6.31. The van der Waals surface area contributed by atoms with Gasteiger partial charge in [0.15, 0.2) is 6.29 Å². The van der Waals surface area contributed by atoms with Crippen LogP contribution in [0.4, 0.5) is 5.69 Å². The molecule has 2 rings (SSSR count). The number of anilines is 1. The number of amides is 2. The highest BCUT2D eigenvalue weighted by atomic mass is 35.5. The molecule has 0 aliphatic carbocycles. The summed E-state index contributed by atoms with van der Waals surface area (Å²) < 4.78 is 0. The van der Waals surface area contributed by atoms with Crippen molar-refractivity contribution >= 4 is 35.4 Å². The number of carbonyl (C=O) groups excluding carboxylic acids is 3. The number of rotatable bonds is 2. The zero-order valence-electron chi connectivity index (χ0n) is 10.6. The van der Waals surface area contributed by atoms with Crippen molar-refractivity contribution in [2.75, 3.05) is 11.4 Å². The molecular formula is C13H13ClN2O3. The fourth-order valence-corrected chi connectivity index (χ4v) is 2.22. The number of halogens is 1. The van der Waals surface area contributed by atoms with Gasteiger partial charge in [-0.1, -0.05) is 11.6 Å². The smallest absolute Gasteiger partial charge is 0.251 e. The van der Waals surface area contributed by atoms with Crippen LogP contribution in [0.1, 0.15) is 24.2 Å². The number of piperazine rings is 1. The standard InChI is InChI=1S/C13H13ClN2O3/c1-13(2)12(19)15-11(18)6-16(13)10-4-3-9(14)5-8(10)7-17/h3-5,7H,6H2,1-2H3,(H,15,18,19). The van der Waals surface area contributed by atoms with Crippen molar-refractivity contribution in [3.8, 4) is 0 Å². The minimum atomic E-state index is -0.917. The average Bonchev–Trinajstić information content (AvgIpc) is 2.34. The minimum Gasteiger partial charge on any atom is -0.347 e. The number of benzene rings is 1.